The van der Waals surface area contributed by atoms with Crippen molar-refractivity contribution in [3.63, 3.8) is 0 Å². The quantitative estimate of drug-likeness (QED) is 0.855. The van der Waals surface area contributed by atoms with Crippen LogP contribution in [0.15, 0.2) is 18.2 Å². The molecule has 1 aromatic heterocycles. The van der Waals surface area contributed by atoms with E-state index in [0.29, 0.717) is 11.5 Å². The highest BCUT2D eigenvalue weighted by atomic mass is 16.5. The largest absolute Gasteiger partial charge is 0.464 e. The second-order valence-corrected chi connectivity index (χ2v) is 6.11. The third-order valence-corrected chi connectivity index (χ3v) is 4.89. The molecule has 1 fully saturated rings. The molecule has 0 amide bonds. The van der Waals surface area contributed by atoms with E-state index in [-0.39, 0.29) is 6.61 Å². The smallest absolute Gasteiger partial charge is 0.339 e. The van der Waals surface area contributed by atoms with Crippen molar-refractivity contribution in [1.29, 1.82) is 0 Å². The lowest BCUT2D eigenvalue weighted by Crippen LogP contribution is -2.38. The van der Waals surface area contributed by atoms with E-state index in [4.69, 9.17) is 4.74 Å². The van der Waals surface area contributed by atoms with Crippen molar-refractivity contribution in [3.05, 3.63) is 29.3 Å². The van der Waals surface area contributed by atoms with E-state index in [2.05, 4.69) is 9.88 Å². The Morgan fingerprint density at radius 3 is 2.95 bits per heavy atom. The summed E-state index contributed by atoms with van der Waals surface area (Å²) in [4.78, 5) is 17.6. The second-order valence-electron chi connectivity index (χ2n) is 6.11. The molecule has 0 radical (unpaired) electrons. The number of carbonyl (C=O) groups is 1. The maximum Gasteiger partial charge on any atom is 0.339 e. The molecule has 0 saturated carbocycles. The third kappa shape index (κ3) is 1.92. The maximum absolute atomic E-state index is 11.7. The molecule has 4 heterocycles. The Kier molecular flexibility index (Phi) is 3.11. The molecule has 1 saturated heterocycles. The zero-order valence-corrected chi connectivity index (χ0v) is 12.6. The van der Waals surface area contributed by atoms with Crippen molar-refractivity contribution in [3.8, 4) is 0 Å². The fraction of sp³-hybridized carbons (Fsp3) is 0.471. The monoisotopic (exact) mass is 300 g/mol. The molecule has 5 rings (SSSR count). The molecule has 2 N–H and O–H groups in total. The fourth-order valence-electron chi connectivity index (χ4n) is 3.80. The minimum absolute atomic E-state index is 0.273. The number of aliphatic hydroxyl groups is 1. The number of aromatic amines is 1. The van der Waals surface area contributed by atoms with E-state index in [9.17, 15) is 9.90 Å². The highest BCUT2D eigenvalue weighted by molar-refractivity contribution is 5.92. The van der Waals surface area contributed by atoms with Crippen molar-refractivity contribution in [2.24, 2.45) is 0 Å². The summed E-state index contributed by atoms with van der Waals surface area (Å²) >= 11 is 0. The molecule has 0 aliphatic carbocycles. The average molecular weight is 300 g/mol. The number of nitrogens with one attached hydrogen (secondary N) is 1. The van der Waals surface area contributed by atoms with Gasteiger partial charge in [0.1, 0.15) is 5.82 Å². The molecule has 22 heavy (non-hydrogen) atoms. The molecule has 1 atom stereocenters. The van der Waals surface area contributed by atoms with E-state index < -0.39 is 12.1 Å². The number of anilines is 1. The lowest BCUT2D eigenvalue weighted by Gasteiger charge is -2.40. The Labute approximate surface area is 128 Å². The first-order chi connectivity index (χ1) is 10.7. The van der Waals surface area contributed by atoms with E-state index >= 15 is 0 Å². The van der Waals surface area contributed by atoms with Crippen LogP contribution in [0.25, 0.3) is 10.9 Å². The number of hydrogen-bond acceptors (Lipinski definition) is 4. The minimum atomic E-state index is -1.21. The number of nitrogens with zero attached hydrogens (tertiary/aromatic N) is 1. The first-order valence-corrected chi connectivity index (χ1v) is 7.94. The second kappa shape index (κ2) is 5.02. The average Bonchev–Trinajstić information content (AvgIpc) is 2.96. The lowest BCUT2D eigenvalue weighted by atomic mass is 9.84. The topological polar surface area (TPSA) is 65.6 Å². The van der Waals surface area contributed by atoms with Crippen LogP contribution in [0.2, 0.25) is 0 Å². The lowest BCUT2D eigenvalue weighted by molar-refractivity contribution is -0.153. The van der Waals surface area contributed by atoms with Crippen molar-refractivity contribution < 1.29 is 14.6 Å². The number of rotatable bonds is 3. The van der Waals surface area contributed by atoms with E-state index in [0.717, 1.165) is 24.0 Å². The summed E-state index contributed by atoms with van der Waals surface area (Å²) in [6.07, 6.45) is 1.16. The fourth-order valence-corrected chi connectivity index (χ4v) is 3.80. The van der Waals surface area contributed by atoms with Crippen LogP contribution >= 0.6 is 0 Å². The molecule has 0 spiro atoms. The van der Waals surface area contributed by atoms with Crippen molar-refractivity contribution in [2.75, 3.05) is 24.6 Å². The summed E-state index contributed by atoms with van der Waals surface area (Å²) in [6.45, 7) is 4.24. The van der Waals surface area contributed by atoms with Crippen LogP contribution in [0.3, 0.4) is 0 Å². The molecule has 2 aromatic rings. The zero-order valence-electron chi connectivity index (χ0n) is 12.6. The van der Waals surface area contributed by atoms with Crippen LogP contribution in [0.4, 0.5) is 5.82 Å². The summed E-state index contributed by atoms with van der Waals surface area (Å²) in [6, 6.07) is 5.68. The SMILES string of the molecule is CCOC(=O)C(O)c1ccc2[nH]c3c(c2c1)C1CCN3CC1. The number of carbonyl (C=O) groups excluding carboxylic acids is 1. The van der Waals surface area contributed by atoms with Gasteiger partial charge in [-0.05, 0) is 43.4 Å². The van der Waals surface area contributed by atoms with Crippen molar-refractivity contribution in [1.82, 2.24) is 4.98 Å². The number of piperidine rings is 1. The van der Waals surface area contributed by atoms with E-state index in [1.807, 2.05) is 12.1 Å². The van der Waals surface area contributed by atoms with Gasteiger partial charge in [0.05, 0.1) is 6.61 Å². The number of aromatic nitrogens is 1. The van der Waals surface area contributed by atoms with Gasteiger partial charge < -0.3 is 19.7 Å². The molecule has 116 valence electrons. The van der Waals surface area contributed by atoms with Crippen LogP contribution in [0.5, 0.6) is 0 Å². The maximum atomic E-state index is 11.7. The van der Waals surface area contributed by atoms with Gasteiger partial charge >= 0.3 is 5.97 Å². The summed E-state index contributed by atoms with van der Waals surface area (Å²) in [5.74, 6) is 1.22. The molecule has 3 aliphatic heterocycles. The van der Waals surface area contributed by atoms with Gasteiger partial charge in [-0.2, -0.15) is 0 Å². The Bertz CT molecular complexity index is 729. The van der Waals surface area contributed by atoms with Crippen LogP contribution < -0.4 is 4.90 Å². The van der Waals surface area contributed by atoms with Gasteiger partial charge in [0, 0.05) is 29.6 Å². The van der Waals surface area contributed by atoms with Crippen LogP contribution in [0, 0.1) is 0 Å². The Hall–Kier alpha value is -2.01. The minimum Gasteiger partial charge on any atom is -0.464 e. The highest BCUT2D eigenvalue weighted by Gasteiger charge is 2.34. The summed E-state index contributed by atoms with van der Waals surface area (Å²) < 4.78 is 4.91. The molecular weight excluding hydrogens is 280 g/mol. The number of esters is 1. The number of fused-ring (bicyclic) bond motifs is 3. The number of H-pyrrole nitrogens is 1. The first kappa shape index (κ1) is 13.6. The van der Waals surface area contributed by atoms with Crippen molar-refractivity contribution >= 4 is 22.7 Å². The molecule has 5 nitrogen and oxygen atoms in total. The van der Waals surface area contributed by atoms with Gasteiger partial charge in [-0.3, -0.25) is 0 Å². The summed E-state index contributed by atoms with van der Waals surface area (Å²) in [5, 5.41) is 11.3. The van der Waals surface area contributed by atoms with Gasteiger partial charge in [-0.25, -0.2) is 4.79 Å². The summed E-state index contributed by atoms with van der Waals surface area (Å²) in [7, 11) is 0. The van der Waals surface area contributed by atoms with E-state index in [1.165, 1.54) is 24.2 Å². The molecule has 3 aliphatic rings. The van der Waals surface area contributed by atoms with Crippen LogP contribution in [0.1, 0.15) is 42.9 Å². The van der Waals surface area contributed by atoms with Gasteiger partial charge in [0.15, 0.2) is 6.10 Å². The van der Waals surface area contributed by atoms with Gasteiger partial charge in [0.2, 0.25) is 0 Å². The highest BCUT2D eigenvalue weighted by Crippen LogP contribution is 2.46. The number of hydrogen-bond donors (Lipinski definition) is 2. The van der Waals surface area contributed by atoms with Gasteiger partial charge in [-0.1, -0.05) is 6.07 Å². The molecule has 2 bridgehead atoms. The number of benzene rings is 1. The van der Waals surface area contributed by atoms with Gasteiger partial charge in [-0.15, -0.1) is 0 Å². The Morgan fingerprint density at radius 2 is 2.23 bits per heavy atom. The van der Waals surface area contributed by atoms with Crippen molar-refractivity contribution in [2.45, 2.75) is 31.8 Å². The van der Waals surface area contributed by atoms with Gasteiger partial charge in [0.25, 0.3) is 0 Å². The molecule has 1 unspecified atom stereocenters. The van der Waals surface area contributed by atoms with Crippen LogP contribution in [-0.4, -0.2) is 35.8 Å². The number of ether oxygens (including phenoxy) is 1. The predicted octanol–water partition coefficient (Wildman–Crippen LogP) is 2.46. The number of aliphatic hydroxyl groups excluding tert-OH is 1. The zero-order chi connectivity index (χ0) is 15.3. The van der Waals surface area contributed by atoms with E-state index in [1.54, 1.807) is 13.0 Å². The Morgan fingerprint density at radius 1 is 1.45 bits per heavy atom. The summed E-state index contributed by atoms with van der Waals surface area (Å²) in [5.41, 5.74) is 3.03. The third-order valence-electron chi connectivity index (χ3n) is 4.89. The normalized spacial score (nSPS) is 18.5. The predicted molar refractivity (Wildman–Crippen MR) is 84.1 cm³/mol. The Balaban J connectivity index is 1.78. The standard InChI is InChI=1S/C17H20N2O3/c1-2-22-17(21)15(20)11-3-4-13-12(9-11)14-10-5-7-19(8-6-10)16(14)18-13/h3-4,9-10,15,18,20H,2,5-8H2,1H3. The molecule has 5 heteroatoms. The first-order valence-electron chi connectivity index (χ1n) is 7.94. The van der Waals surface area contributed by atoms with Crippen LogP contribution in [-0.2, 0) is 9.53 Å². The molecule has 1 aromatic carbocycles. The molecular formula is C17H20N2O3.